The molecule has 0 aromatic carbocycles. The van der Waals surface area contributed by atoms with E-state index in [-0.39, 0.29) is 0 Å². The first-order chi connectivity index (χ1) is 8.70. The van der Waals surface area contributed by atoms with Gasteiger partial charge in [-0.15, -0.1) is 0 Å². The Hall–Kier alpha value is -2.37. The van der Waals surface area contributed by atoms with Crippen molar-refractivity contribution in [1.29, 1.82) is 0 Å². The minimum absolute atomic E-state index is 0.312. The molecule has 0 bridgehead atoms. The van der Waals surface area contributed by atoms with E-state index in [4.69, 9.17) is 4.42 Å². The third-order valence-electron chi connectivity index (χ3n) is 2.35. The fraction of sp³-hybridized carbons (Fsp3) is 0.250. The maximum atomic E-state index is 11.5. The number of anilines is 1. The number of rotatable bonds is 4. The Morgan fingerprint density at radius 3 is 3.06 bits per heavy atom. The van der Waals surface area contributed by atoms with E-state index in [1.807, 2.05) is 6.07 Å². The highest BCUT2D eigenvalue weighted by atomic mass is 16.5. The molecule has 0 unspecified atom stereocenters. The van der Waals surface area contributed by atoms with Gasteiger partial charge in [0.2, 0.25) is 0 Å². The number of nitrogens with zero attached hydrogens (tertiary/aromatic N) is 2. The number of aryl methyl sites for hydroxylation is 1. The van der Waals surface area contributed by atoms with E-state index in [2.05, 4.69) is 20.0 Å². The van der Waals surface area contributed by atoms with Crippen LogP contribution in [-0.4, -0.2) is 23.0 Å². The van der Waals surface area contributed by atoms with Crippen LogP contribution < -0.4 is 5.32 Å². The molecule has 2 aromatic rings. The fourth-order valence-electron chi connectivity index (χ4n) is 1.44. The molecule has 0 amide bonds. The van der Waals surface area contributed by atoms with E-state index >= 15 is 0 Å². The molecule has 6 heteroatoms. The van der Waals surface area contributed by atoms with Crippen molar-refractivity contribution < 1.29 is 13.9 Å². The maximum absolute atomic E-state index is 11.5. The summed E-state index contributed by atoms with van der Waals surface area (Å²) in [7, 11) is 1.32. The molecule has 0 spiro atoms. The lowest BCUT2D eigenvalue weighted by Crippen LogP contribution is -2.11. The van der Waals surface area contributed by atoms with Crippen molar-refractivity contribution in [3.8, 4) is 0 Å². The Morgan fingerprint density at radius 2 is 2.39 bits per heavy atom. The zero-order valence-corrected chi connectivity index (χ0v) is 10.1. The average Bonchev–Trinajstić information content (AvgIpc) is 2.88. The number of methoxy groups -OCH3 is 1. The second-order valence-corrected chi connectivity index (χ2v) is 3.66. The van der Waals surface area contributed by atoms with Crippen molar-refractivity contribution in [2.45, 2.75) is 13.5 Å². The quantitative estimate of drug-likeness (QED) is 0.830. The fourth-order valence-corrected chi connectivity index (χ4v) is 1.44. The van der Waals surface area contributed by atoms with Crippen molar-refractivity contribution in [3.63, 3.8) is 0 Å². The molecule has 2 rings (SSSR count). The summed E-state index contributed by atoms with van der Waals surface area (Å²) in [6.07, 6.45) is 4.66. The SMILES string of the molecule is COC(=O)c1cnc(C)nc1NCc1ccoc1. The van der Waals surface area contributed by atoms with Gasteiger partial charge in [-0.25, -0.2) is 14.8 Å². The summed E-state index contributed by atoms with van der Waals surface area (Å²) in [5.74, 6) is 0.567. The second-order valence-electron chi connectivity index (χ2n) is 3.66. The number of hydrogen-bond donors (Lipinski definition) is 1. The smallest absolute Gasteiger partial charge is 0.343 e. The van der Waals surface area contributed by atoms with E-state index in [9.17, 15) is 4.79 Å². The summed E-state index contributed by atoms with van der Waals surface area (Å²) in [4.78, 5) is 19.7. The highest BCUT2D eigenvalue weighted by Gasteiger charge is 2.14. The molecule has 0 aliphatic carbocycles. The molecule has 0 aliphatic heterocycles. The Bertz CT molecular complexity index is 538. The van der Waals surface area contributed by atoms with Gasteiger partial charge in [-0.3, -0.25) is 0 Å². The molecule has 0 aliphatic rings. The first kappa shape index (κ1) is 12.1. The van der Waals surface area contributed by atoms with E-state index in [1.54, 1.807) is 19.5 Å². The van der Waals surface area contributed by atoms with Crippen molar-refractivity contribution in [2.24, 2.45) is 0 Å². The normalized spacial score (nSPS) is 10.1. The van der Waals surface area contributed by atoms with Crippen LogP contribution in [0.15, 0.2) is 29.2 Å². The summed E-state index contributed by atoms with van der Waals surface area (Å²) < 4.78 is 9.64. The van der Waals surface area contributed by atoms with Crippen molar-refractivity contribution in [3.05, 3.63) is 41.7 Å². The highest BCUT2D eigenvalue weighted by molar-refractivity contribution is 5.94. The molecule has 6 nitrogen and oxygen atoms in total. The lowest BCUT2D eigenvalue weighted by molar-refractivity contribution is 0.0601. The molecular formula is C12H13N3O3. The van der Waals surface area contributed by atoms with Crippen LogP contribution in [0.4, 0.5) is 5.82 Å². The van der Waals surface area contributed by atoms with E-state index in [0.29, 0.717) is 23.8 Å². The number of furan rings is 1. The lowest BCUT2D eigenvalue weighted by atomic mass is 10.3. The number of ether oxygens (including phenoxy) is 1. The first-order valence-corrected chi connectivity index (χ1v) is 5.37. The number of esters is 1. The monoisotopic (exact) mass is 247 g/mol. The Labute approximate surface area is 104 Å². The van der Waals surface area contributed by atoms with Crippen LogP contribution in [-0.2, 0) is 11.3 Å². The molecular weight excluding hydrogens is 234 g/mol. The highest BCUT2D eigenvalue weighted by Crippen LogP contribution is 2.14. The van der Waals surface area contributed by atoms with Crippen molar-refractivity contribution in [2.75, 3.05) is 12.4 Å². The third-order valence-corrected chi connectivity index (χ3v) is 2.35. The molecule has 0 atom stereocenters. The van der Waals surface area contributed by atoms with Gasteiger partial charge in [0, 0.05) is 18.3 Å². The van der Waals surface area contributed by atoms with E-state index < -0.39 is 5.97 Å². The van der Waals surface area contributed by atoms with Gasteiger partial charge >= 0.3 is 5.97 Å². The number of nitrogens with one attached hydrogen (secondary N) is 1. The molecule has 2 aromatic heterocycles. The van der Waals surface area contributed by atoms with Crippen molar-refractivity contribution >= 4 is 11.8 Å². The summed E-state index contributed by atoms with van der Waals surface area (Å²) in [6, 6.07) is 1.83. The van der Waals surface area contributed by atoms with Gasteiger partial charge in [0.05, 0.1) is 19.6 Å². The molecule has 0 fully saturated rings. The molecule has 94 valence electrons. The zero-order valence-electron chi connectivity index (χ0n) is 10.1. The minimum atomic E-state index is -0.468. The minimum Gasteiger partial charge on any atom is -0.472 e. The first-order valence-electron chi connectivity index (χ1n) is 5.37. The van der Waals surface area contributed by atoms with Gasteiger partial charge in [-0.05, 0) is 13.0 Å². The standard InChI is InChI=1S/C12H13N3O3/c1-8-13-6-10(12(16)17-2)11(15-8)14-5-9-3-4-18-7-9/h3-4,6-7H,5H2,1-2H3,(H,13,14,15). The third kappa shape index (κ3) is 2.65. The van der Waals surface area contributed by atoms with E-state index in [1.165, 1.54) is 13.3 Å². The molecule has 0 radical (unpaired) electrons. The van der Waals surface area contributed by atoms with Crippen LogP contribution in [0, 0.1) is 6.92 Å². The molecule has 1 N–H and O–H groups in total. The van der Waals surface area contributed by atoms with Crippen LogP contribution in [0.5, 0.6) is 0 Å². The maximum Gasteiger partial charge on any atom is 0.343 e. The molecule has 2 heterocycles. The number of aromatic nitrogens is 2. The largest absolute Gasteiger partial charge is 0.472 e. The second kappa shape index (κ2) is 5.31. The van der Waals surface area contributed by atoms with Gasteiger partial charge < -0.3 is 14.5 Å². The Balaban J connectivity index is 2.19. The van der Waals surface area contributed by atoms with Gasteiger partial charge in [0.1, 0.15) is 17.2 Å². The van der Waals surface area contributed by atoms with Crippen LogP contribution >= 0.6 is 0 Å². The van der Waals surface area contributed by atoms with Crippen LogP contribution in [0.3, 0.4) is 0 Å². The number of hydrogen-bond acceptors (Lipinski definition) is 6. The molecule has 18 heavy (non-hydrogen) atoms. The summed E-state index contributed by atoms with van der Waals surface area (Å²) in [5.41, 5.74) is 1.27. The van der Waals surface area contributed by atoms with Gasteiger partial charge in [0.15, 0.2) is 0 Å². The van der Waals surface area contributed by atoms with Gasteiger partial charge in [-0.1, -0.05) is 0 Å². The number of carbonyl (C=O) groups is 1. The summed E-state index contributed by atoms with van der Waals surface area (Å²) in [6.45, 7) is 2.26. The van der Waals surface area contributed by atoms with Crippen LogP contribution in [0.25, 0.3) is 0 Å². The van der Waals surface area contributed by atoms with Crippen LogP contribution in [0.2, 0.25) is 0 Å². The average molecular weight is 247 g/mol. The lowest BCUT2D eigenvalue weighted by Gasteiger charge is -2.09. The molecule has 0 saturated carbocycles. The molecule has 0 saturated heterocycles. The predicted molar refractivity (Wildman–Crippen MR) is 64.1 cm³/mol. The van der Waals surface area contributed by atoms with E-state index in [0.717, 1.165) is 5.56 Å². The number of carbonyl (C=O) groups excluding carboxylic acids is 1. The Kier molecular flexibility index (Phi) is 3.57. The zero-order chi connectivity index (χ0) is 13.0. The van der Waals surface area contributed by atoms with Gasteiger partial charge in [0.25, 0.3) is 0 Å². The van der Waals surface area contributed by atoms with Crippen molar-refractivity contribution in [1.82, 2.24) is 9.97 Å². The topological polar surface area (TPSA) is 77.2 Å². The predicted octanol–water partition coefficient (Wildman–Crippen LogP) is 1.78. The Morgan fingerprint density at radius 1 is 1.56 bits per heavy atom. The van der Waals surface area contributed by atoms with Crippen LogP contribution in [0.1, 0.15) is 21.7 Å². The summed E-state index contributed by atoms with van der Waals surface area (Å²) in [5, 5.41) is 3.06. The summed E-state index contributed by atoms with van der Waals surface area (Å²) >= 11 is 0. The van der Waals surface area contributed by atoms with Gasteiger partial charge in [-0.2, -0.15) is 0 Å².